The van der Waals surface area contributed by atoms with Crippen LogP contribution in [0, 0.1) is 18.3 Å². The number of nitriles is 1. The largest absolute Gasteiger partial charge is 0.311 e. The molecule has 0 aliphatic rings. The van der Waals surface area contributed by atoms with Gasteiger partial charge in [0.2, 0.25) is 0 Å². The number of aromatic nitrogens is 1. The quantitative estimate of drug-likeness (QED) is 0.776. The first-order valence-corrected chi connectivity index (χ1v) is 5.58. The Morgan fingerprint density at radius 1 is 1.47 bits per heavy atom. The van der Waals surface area contributed by atoms with Crippen LogP contribution in [0.1, 0.15) is 11.1 Å². The number of fused-ring (bicyclic) bond motifs is 1. The lowest BCUT2D eigenvalue weighted by Gasteiger charge is -2.10. The highest BCUT2D eigenvalue weighted by molar-refractivity contribution is 6.32. The van der Waals surface area contributed by atoms with E-state index in [0.717, 1.165) is 16.5 Å². The standard InChI is InChI=1S/C13H11ClN2O/c1-8-11(14)4-3-9-7-10(5-6-15)13(17)16(2)12(8)9/h3-4,7H,5H2,1-2H3. The fourth-order valence-electron chi connectivity index (χ4n) is 2.04. The van der Waals surface area contributed by atoms with Crippen molar-refractivity contribution in [3.05, 3.63) is 44.7 Å². The minimum Gasteiger partial charge on any atom is -0.311 e. The van der Waals surface area contributed by atoms with Gasteiger partial charge in [-0.25, -0.2) is 0 Å². The molecule has 86 valence electrons. The van der Waals surface area contributed by atoms with Gasteiger partial charge in [-0.3, -0.25) is 4.79 Å². The van der Waals surface area contributed by atoms with Crippen molar-refractivity contribution < 1.29 is 0 Å². The summed E-state index contributed by atoms with van der Waals surface area (Å²) < 4.78 is 1.56. The van der Waals surface area contributed by atoms with Gasteiger partial charge in [0.15, 0.2) is 0 Å². The molecular weight excluding hydrogens is 236 g/mol. The highest BCUT2D eigenvalue weighted by Crippen LogP contribution is 2.24. The van der Waals surface area contributed by atoms with Gasteiger partial charge in [0.05, 0.1) is 18.0 Å². The Hall–Kier alpha value is -1.79. The van der Waals surface area contributed by atoms with Crippen molar-refractivity contribution in [2.75, 3.05) is 0 Å². The second-order valence-corrected chi connectivity index (χ2v) is 4.39. The molecule has 0 saturated heterocycles. The molecule has 0 N–H and O–H groups in total. The predicted molar refractivity (Wildman–Crippen MR) is 68.3 cm³/mol. The van der Waals surface area contributed by atoms with E-state index in [1.165, 1.54) is 0 Å². The number of pyridine rings is 1. The van der Waals surface area contributed by atoms with Gasteiger partial charge < -0.3 is 4.57 Å². The van der Waals surface area contributed by atoms with Gasteiger partial charge >= 0.3 is 0 Å². The summed E-state index contributed by atoms with van der Waals surface area (Å²) in [5, 5.41) is 10.3. The van der Waals surface area contributed by atoms with E-state index in [1.807, 2.05) is 19.1 Å². The summed E-state index contributed by atoms with van der Waals surface area (Å²) in [7, 11) is 1.70. The summed E-state index contributed by atoms with van der Waals surface area (Å²) >= 11 is 6.05. The monoisotopic (exact) mass is 246 g/mol. The molecule has 0 bridgehead atoms. The Kier molecular flexibility index (Phi) is 2.91. The lowest BCUT2D eigenvalue weighted by Crippen LogP contribution is -2.21. The Morgan fingerprint density at radius 2 is 2.18 bits per heavy atom. The molecule has 0 aliphatic heterocycles. The maximum absolute atomic E-state index is 12.0. The van der Waals surface area contributed by atoms with E-state index in [4.69, 9.17) is 16.9 Å². The SMILES string of the molecule is Cc1c(Cl)ccc2cc(CC#N)c(=O)n(C)c12. The van der Waals surface area contributed by atoms with Gasteiger partial charge in [-0.15, -0.1) is 0 Å². The van der Waals surface area contributed by atoms with Gasteiger partial charge in [-0.1, -0.05) is 17.7 Å². The molecule has 2 rings (SSSR count). The van der Waals surface area contributed by atoms with Gasteiger partial charge in [0, 0.05) is 17.6 Å². The number of rotatable bonds is 1. The predicted octanol–water partition coefficient (Wildman–Crippen LogP) is 2.57. The van der Waals surface area contributed by atoms with Gasteiger partial charge in [-0.05, 0) is 30.0 Å². The normalized spacial score (nSPS) is 10.5. The van der Waals surface area contributed by atoms with E-state index in [0.29, 0.717) is 10.6 Å². The highest BCUT2D eigenvalue weighted by atomic mass is 35.5. The van der Waals surface area contributed by atoms with E-state index < -0.39 is 0 Å². The number of nitrogens with zero attached hydrogens (tertiary/aromatic N) is 2. The second kappa shape index (κ2) is 4.23. The topological polar surface area (TPSA) is 45.8 Å². The maximum Gasteiger partial charge on any atom is 0.255 e. The molecular formula is C13H11ClN2O. The number of halogens is 1. The van der Waals surface area contributed by atoms with Gasteiger partial charge in [0.1, 0.15) is 0 Å². The third-order valence-electron chi connectivity index (χ3n) is 2.91. The second-order valence-electron chi connectivity index (χ2n) is 3.98. The highest BCUT2D eigenvalue weighted by Gasteiger charge is 2.09. The average Bonchev–Trinajstić information content (AvgIpc) is 2.30. The zero-order valence-electron chi connectivity index (χ0n) is 9.62. The summed E-state index contributed by atoms with van der Waals surface area (Å²) in [4.78, 5) is 12.0. The van der Waals surface area contributed by atoms with E-state index in [2.05, 4.69) is 0 Å². The van der Waals surface area contributed by atoms with E-state index in [1.54, 1.807) is 23.7 Å². The molecule has 1 aromatic heterocycles. The van der Waals surface area contributed by atoms with Crippen LogP contribution in [0.3, 0.4) is 0 Å². The molecule has 2 aromatic rings. The lowest BCUT2D eigenvalue weighted by molar-refractivity contribution is 0.882. The summed E-state index contributed by atoms with van der Waals surface area (Å²) in [6.07, 6.45) is 0.129. The lowest BCUT2D eigenvalue weighted by atomic mass is 10.1. The van der Waals surface area contributed by atoms with Crippen molar-refractivity contribution in [1.29, 1.82) is 5.26 Å². The molecule has 0 fully saturated rings. The average molecular weight is 247 g/mol. The van der Waals surface area contributed by atoms with Crippen LogP contribution in [0.4, 0.5) is 0 Å². The van der Waals surface area contributed by atoms with Crippen molar-refractivity contribution in [1.82, 2.24) is 4.57 Å². The Bertz CT molecular complexity index is 695. The first-order chi connectivity index (χ1) is 8.06. The first kappa shape index (κ1) is 11.7. The third-order valence-corrected chi connectivity index (χ3v) is 3.32. The van der Waals surface area contributed by atoms with Crippen LogP contribution in [-0.2, 0) is 13.5 Å². The third kappa shape index (κ3) is 1.81. The van der Waals surface area contributed by atoms with Crippen LogP contribution in [0.15, 0.2) is 23.0 Å². The summed E-state index contributed by atoms with van der Waals surface area (Å²) in [6, 6.07) is 7.44. The molecule has 0 aliphatic carbocycles. The van der Waals surface area contributed by atoms with Crippen molar-refractivity contribution >= 4 is 22.5 Å². The fraction of sp³-hybridized carbons (Fsp3) is 0.231. The van der Waals surface area contributed by atoms with Crippen molar-refractivity contribution in [3.63, 3.8) is 0 Å². The summed E-state index contributed by atoms with van der Waals surface area (Å²) in [5.41, 5.74) is 2.09. The van der Waals surface area contributed by atoms with Crippen LogP contribution in [0.25, 0.3) is 10.9 Å². The number of benzene rings is 1. The van der Waals surface area contributed by atoms with E-state index >= 15 is 0 Å². The zero-order valence-corrected chi connectivity index (χ0v) is 10.4. The van der Waals surface area contributed by atoms with E-state index in [9.17, 15) is 4.79 Å². The Balaban J connectivity index is 2.92. The van der Waals surface area contributed by atoms with Crippen LogP contribution in [-0.4, -0.2) is 4.57 Å². The molecule has 0 unspecified atom stereocenters. The number of hydrogen-bond acceptors (Lipinski definition) is 2. The van der Waals surface area contributed by atoms with Crippen LogP contribution in [0.2, 0.25) is 5.02 Å². The summed E-state index contributed by atoms with van der Waals surface area (Å²) in [5.74, 6) is 0. The molecule has 1 aromatic carbocycles. The fourth-order valence-corrected chi connectivity index (χ4v) is 2.19. The van der Waals surface area contributed by atoms with Crippen LogP contribution in [0.5, 0.6) is 0 Å². The number of hydrogen-bond donors (Lipinski definition) is 0. The first-order valence-electron chi connectivity index (χ1n) is 5.21. The van der Waals surface area contributed by atoms with Crippen molar-refractivity contribution in [2.24, 2.45) is 7.05 Å². The molecule has 4 heteroatoms. The van der Waals surface area contributed by atoms with E-state index in [-0.39, 0.29) is 12.0 Å². The zero-order chi connectivity index (χ0) is 12.6. The van der Waals surface area contributed by atoms with Crippen molar-refractivity contribution in [2.45, 2.75) is 13.3 Å². The Labute approximate surface area is 104 Å². The molecule has 0 atom stereocenters. The molecule has 0 spiro atoms. The Morgan fingerprint density at radius 3 is 2.82 bits per heavy atom. The molecule has 0 saturated carbocycles. The molecule has 0 radical (unpaired) electrons. The molecule has 17 heavy (non-hydrogen) atoms. The molecule has 3 nitrogen and oxygen atoms in total. The summed E-state index contributed by atoms with van der Waals surface area (Å²) in [6.45, 7) is 1.88. The minimum absolute atomic E-state index is 0.129. The minimum atomic E-state index is -0.135. The van der Waals surface area contributed by atoms with Crippen molar-refractivity contribution in [3.8, 4) is 6.07 Å². The van der Waals surface area contributed by atoms with Crippen LogP contribution < -0.4 is 5.56 Å². The van der Waals surface area contributed by atoms with Gasteiger partial charge in [0.25, 0.3) is 5.56 Å². The maximum atomic E-state index is 12.0. The molecule has 1 heterocycles. The smallest absolute Gasteiger partial charge is 0.255 e. The van der Waals surface area contributed by atoms with Crippen LogP contribution >= 0.6 is 11.6 Å². The number of aryl methyl sites for hydroxylation is 2. The molecule has 0 amide bonds. The van der Waals surface area contributed by atoms with Gasteiger partial charge in [-0.2, -0.15) is 5.26 Å².